The molecule has 17 heavy (non-hydrogen) atoms. The van der Waals surface area contributed by atoms with E-state index in [1.165, 1.54) is 0 Å². The number of hydrogen-bond donors (Lipinski definition) is 4. The molecule has 6 N–H and O–H groups in total. The highest BCUT2D eigenvalue weighted by molar-refractivity contribution is 5.50. The van der Waals surface area contributed by atoms with Crippen LogP contribution in [0.5, 0.6) is 0 Å². The van der Waals surface area contributed by atoms with Gasteiger partial charge >= 0.3 is 0 Å². The van der Waals surface area contributed by atoms with E-state index in [0.29, 0.717) is 18.2 Å². The van der Waals surface area contributed by atoms with Gasteiger partial charge in [0.1, 0.15) is 17.4 Å². The fraction of sp³-hybridized carbons (Fsp3) is 0.200. The zero-order chi connectivity index (χ0) is 12.1. The third kappa shape index (κ3) is 3.08. The largest absolute Gasteiger partial charge is 0.469 e. The minimum atomic E-state index is 0.168. The van der Waals surface area contributed by atoms with Gasteiger partial charge in [0.25, 0.3) is 0 Å². The molecule has 0 spiro atoms. The van der Waals surface area contributed by atoms with Crippen molar-refractivity contribution in [3.05, 3.63) is 30.2 Å². The molecule has 2 aromatic heterocycles. The molecule has 2 heterocycles. The number of hydrogen-bond acceptors (Lipinski definition) is 7. The Hall–Kier alpha value is -2.28. The van der Waals surface area contributed by atoms with E-state index in [1.54, 1.807) is 12.3 Å². The molecule has 0 fully saturated rings. The number of nitrogens with zero attached hydrogens (tertiary/aromatic N) is 2. The van der Waals surface area contributed by atoms with Gasteiger partial charge in [0.15, 0.2) is 0 Å². The van der Waals surface area contributed by atoms with Crippen LogP contribution in [0.2, 0.25) is 0 Å². The van der Waals surface area contributed by atoms with Crippen LogP contribution in [0.15, 0.2) is 28.9 Å². The molecule has 2 aromatic rings. The molecule has 0 radical (unpaired) electrons. The highest BCUT2D eigenvalue weighted by Gasteiger charge is 2.01. The molecule has 0 aromatic carbocycles. The molecule has 2 rings (SSSR count). The standard InChI is InChI=1S/C10H14N6O/c11-10-14-8(6-9(15-10)16-12)13-4-3-7-2-1-5-17-7/h1-2,5-6H,3-4,12H2,(H4,11,13,14,15,16). The summed E-state index contributed by atoms with van der Waals surface area (Å²) in [5, 5.41) is 3.11. The Labute approximate surface area is 98.2 Å². The van der Waals surface area contributed by atoms with Crippen LogP contribution in [0.3, 0.4) is 0 Å². The van der Waals surface area contributed by atoms with Crippen molar-refractivity contribution < 1.29 is 4.42 Å². The van der Waals surface area contributed by atoms with Crippen molar-refractivity contribution in [3.63, 3.8) is 0 Å². The number of nitrogens with two attached hydrogens (primary N) is 2. The Morgan fingerprint density at radius 1 is 1.29 bits per heavy atom. The number of hydrazine groups is 1. The predicted molar refractivity (Wildman–Crippen MR) is 65.2 cm³/mol. The zero-order valence-electron chi connectivity index (χ0n) is 9.18. The zero-order valence-corrected chi connectivity index (χ0v) is 9.18. The molecule has 0 bridgehead atoms. The maximum absolute atomic E-state index is 5.53. The Morgan fingerprint density at radius 2 is 2.12 bits per heavy atom. The minimum Gasteiger partial charge on any atom is -0.469 e. The molecule has 0 aliphatic rings. The Morgan fingerprint density at radius 3 is 2.82 bits per heavy atom. The van der Waals surface area contributed by atoms with Crippen LogP contribution in [0.1, 0.15) is 5.76 Å². The SMILES string of the molecule is NNc1cc(NCCc2ccco2)nc(N)n1. The number of rotatable bonds is 5. The fourth-order valence-electron chi connectivity index (χ4n) is 1.40. The van der Waals surface area contributed by atoms with Crippen molar-refractivity contribution in [1.82, 2.24) is 9.97 Å². The third-order valence-corrected chi connectivity index (χ3v) is 2.15. The van der Waals surface area contributed by atoms with E-state index in [1.807, 2.05) is 12.1 Å². The van der Waals surface area contributed by atoms with Crippen molar-refractivity contribution in [2.75, 3.05) is 23.0 Å². The maximum Gasteiger partial charge on any atom is 0.223 e. The first kappa shape index (κ1) is 11.2. The van der Waals surface area contributed by atoms with Crippen LogP contribution in [0.25, 0.3) is 0 Å². The molecule has 0 amide bonds. The smallest absolute Gasteiger partial charge is 0.223 e. The second-order valence-electron chi connectivity index (χ2n) is 3.40. The minimum absolute atomic E-state index is 0.168. The molecule has 90 valence electrons. The van der Waals surface area contributed by atoms with Gasteiger partial charge in [-0.1, -0.05) is 0 Å². The molecule has 0 saturated carbocycles. The molecular formula is C10H14N6O. The fourth-order valence-corrected chi connectivity index (χ4v) is 1.40. The van der Waals surface area contributed by atoms with Gasteiger partial charge in [-0.3, -0.25) is 0 Å². The molecular weight excluding hydrogens is 220 g/mol. The van der Waals surface area contributed by atoms with E-state index in [2.05, 4.69) is 20.7 Å². The summed E-state index contributed by atoms with van der Waals surface area (Å²) in [4.78, 5) is 7.91. The quantitative estimate of drug-likeness (QED) is 0.442. The van der Waals surface area contributed by atoms with Gasteiger partial charge < -0.3 is 20.9 Å². The highest BCUT2D eigenvalue weighted by Crippen LogP contribution is 2.11. The first-order valence-corrected chi connectivity index (χ1v) is 5.15. The molecule has 7 nitrogen and oxygen atoms in total. The first-order chi connectivity index (χ1) is 8.28. The summed E-state index contributed by atoms with van der Waals surface area (Å²) in [5.41, 5.74) is 7.95. The van der Waals surface area contributed by atoms with Gasteiger partial charge in [0.05, 0.1) is 6.26 Å². The number of aromatic nitrogens is 2. The normalized spacial score (nSPS) is 10.2. The van der Waals surface area contributed by atoms with E-state index < -0.39 is 0 Å². The Kier molecular flexibility index (Phi) is 3.41. The molecule has 0 aliphatic carbocycles. The van der Waals surface area contributed by atoms with Gasteiger partial charge in [-0.05, 0) is 12.1 Å². The molecule has 0 unspecified atom stereocenters. The lowest BCUT2D eigenvalue weighted by atomic mass is 10.3. The number of furan rings is 1. The third-order valence-electron chi connectivity index (χ3n) is 2.15. The van der Waals surface area contributed by atoms with Crippen molar-refractivity contribution in [2.24, 2.45) is 5.84 Å². The Bertz CT molecular complexity index is 470. The topological polar surface area (TPSA) is 115 Å². The van der Waals surface area contributed by atoms with Crippen LogP contribution in [-0.4, -0.2) is 16.5 Å². The van der Waals surface area contributed by atoms with Crippen molar-refractivity contribution in [1.29, 1.82) is 0 Å². The van der Waals surface area contributed by atoms with Gasteiger partial charge in [0.2, 0.25) is 5.95 Å². The lowest BCUT2D eigenvalue weighted by Gasteiger charge is -2.07. The molecule has 0 saturated heterocycles. The molecule has 7 heteroatoms. The van der Waals surface area contributed by atoms with E-state index in [0.717, 1.165) is 12.2 Å². The lowest BCUT2D eigenvalue weighted by Crippen LogP contribution is -2.13. The highest BCUT2D eigenvalue weighted by atomic mass is 16.3. The predicted octanol–water partition coefficient (Wildman–Crippen LogP) is 0.592. The van der Waals surface area contributed by atoms with Gasteiger partial charge in [-0.2, -0.15) is 9.97 Å². The van der Waals surface area contributed by atoms with Crippen LogP contribution < -0.4 is 22.3 Å². The summed E-state index contributed by atoms with van der Waals surface area (Å²) >= 11 is 0. The maximum atomic E-state index is 5.53. The number of anilines is 3. The number of nitrogen functional groups attached to an aromatic ring is 2. The number of nitrogens with one attached hydrogen (secondary N) is 2. The Balaban J connectivity index is 1.92. The van der Waals surface area contributed by atoms with Crippen molar-refractivity contribution in [3.8, 4) is 0 Å². The van der Waals surface area contributed by atoms with Gasteiger partial charge in [-0.15, -0.1) is 0 Å². The summed E-state index contributed by atoms with van der Waals surface area (Å²) in [6, 6.07) is 5.45. The summed E-state index contributed by atoms with van der Waals surface area (Å²) in [7, 11) is 0. The van der Waals surface area contributed by atoms with Crippen molar-refractivity contribution in [2.45, 2.75) is 6.42 Å². The van der Waals surface area contributed by atoms with Crippen LogP contribution in [0.4, 0.5) is 17.6 Å². The van der Waals surface area contributed by atoms with Gasteiger partial charge in [0, 0.05) is 19.0 Å². The summed E-state index contributed by atoms with van der Waals surface area (Å²) in [5.74, 6) is 7.43. The van der Waals surface area contributed by atoms with E-state index in [-0.39, 0.29) is 5.95 Å². The summed E-state index contributed by atoms with van der Waals surface area (Å²) < 4.78 is 5.21. The van der Waals surface area contributed by atoms with E-state index >= 15 is 0 Å². The van der Waals surface area contributed by atoms with Crippen LogP contribution >= 0.6 is 0 Å². The average Bonchev–Trinajstić information content (AvgIpc) is 2.81. The van der Waals surface area contributed by atoms with E-state index in [4.69, 9.17) is 16.0 Å². The molecule has 0 atom stereocenters. The lowest BCUT2D eigenvalue weighted by molar-refractivity contribution is 0.513. The molecule has 0 aliphatic heterocycles. The first-order valence-electron chi connectivity index (χ1n) is 5.15. The summed E-state index contributed by atoms with van der Waals surface area (Å²) in [6.07, 6.45) is 2.41. The second-order valence-corrected chi connectivity index (χ2v) is 3.40. The average molecular weight is 234 g/mol. The van der Waals surface area contributed by atoms with Crippen LogP contribution in [-0.2, 0) is 6.42 Å². The van der Waals surface area contributed by atoms with Gasteiger partial charge in [-0.25, -0.2) is 5.84 Å². The van der Waals surface area contributed by atoms with E-state index in [9.17, 15) is 0 Å². The van der Waals surface area contributed by atoms with Crippen molar-refractivity contribution >= 4 is 17.6 Å². The summed E-state index contributed by atoms with van der Waals surface area (Å²) in [6.45, 7) is 0.688. The monoisotopic (exact) mass is 234 g/mol. The second kappa shape index (κ2) is 5.17. The van der Waals surface area contributed by atoms with Crippen LogP contribution in [0, 0.1) is 0 Å².